The summed E-state index contributed by atoms with van der Waals surface area (Å²) in [7, 11) is 0. The highest BCUT2D eigenvalue weighted by Gasteiger charge is 2.33. The van der Waals surface area contributed by atoms with E-state index in [1.807, 2.05) is 29.3 Å². The Hall–Kier alpha value is -3.09. The lowest BCUT2D eigenvalue weighted by Gasteiger charge is -2.23. The third kappa shape index (κ3) is 3.20. The first kappa shape index (κ1) is 16.4. The van der Waals surface area contributed by atoms with E-state index in [-0.39, 0.29) is 18.4 Å². The number of nitrogens with one attached hydrogen (secondary N) is 3. The molecule has 1 saturated carbocycles. The molecule has 134 valence electrons. The molecule has 0 atom stereocenters. The summed E-state index contributed by atoms with van der Waals surface area (Å²) in [5, 5.41) is 1.11. The molecule has 1 amide bonds. The van der Waals surface area contributed by atoms with Crippen molar-refractivity contribution in [3.63, 3.8) is 0 Å². The van der Waals surface area contributed by atoms with Crippen LogP contribution in [0.1, 0.15) is 29.7 Å². The van der Waals surface area contributed by atoms with E-state index in [4.69, 9.17) is 0 Å². The van der Waals surface area contributed by atoms with Gasteiger partial charge in [0, 0.05) is 35.6 Å². The van der Waals surface area contributed by atoms with Crippen LogP contribution in [-0.2, 0) is 17.8 Å². The molecule has 0 spiro atoms. The number of aromatic nitrogens is 3. The molecule has 7 heteroatoms. The second kappa shape index (κ2) is 6.33. The molecule has 1 aliphatic carbocycles. The lowest BCUT2D eigenvalue weighted by atomic mass is 10.1. The number of aromatic amines is 3. The van der Waals surface area contributed by atoms with Crippen molar-refractivity contribution in [2.75, 3.05) is 0 Å². The number of hydrogen-bond acceptors (Lipinski definition) is 3. The van der Waals surface area contributed by atoms with Gasteiger partial charge < -0.3 is 14.9 Å². The van der Waals surface area contributed by atoms with Crippen LogP contribution in [0.5, 0.6) is 0 Å². The Morgan fingerprint density at radius 1 is 1.19 bits per heavy atom. The fourth-order valence-electron chi connectivity index (χ4n) is 3.30. The summed E-state index contributed by atoms with van der Waals surface area (Å²) in [5.74, 6) is -0.0951. The van der Waals surface area contributed by atoms with Crippen molar-refractivity contribution < 1.29 is 4.79 Å². The first-order valence-corrected chi connectivity index (χ1v) is 8.69. The second-order valence-corrected chi connectivity index (χ2v) is 6.84. The average Bonchev–Trinajstić information content (AvgIpc) is 3.32. The molecule has 0 unspecified atom stereocenters. The molecular formula is C19H20N4O3. The van der Waals surface area contributed by atoms with Crippen LogP contribution in [0.3, 0.4) is 0 Å². The number of amides is 1. The van der Waals surface area contributed by atoms with Crippen LogP contribution in [0.4, 0.5) is 0 Å². The molecule has 2 heterocycles. The zero-order chi connectivity index (χ0) is 18.3. The Morgan fingerprint density at radius 2 is 2.00 bits per heavy atom. The van der Waals surface area contributed by atoms with Crippen LogP contribution >= 0.6 is 0 Å². The van der Waals surface area contributed by atoms with Crippen molar-refractivity contribution in [3.05, 3.63) is 68.1 Å². The van der Waals surface area contributed by atoms with E-state index in [9.17, 15) is 14.4 Å². The molecule has 1 aromatic carbocycles. The maximum Gasteiger partial charge on any atom is 0.325 e. The number of carbonyl (C=O) groups excluding carboxylic acids is 1. The molecule has 0 aliphatic heterocycles. The molecule has 3 N–H and O–H groups in total. The molecule has 7 nitrogen and oxygen atoms in total. The summed E-state index contributed by atoms with van der Waals surface area (Å²) in [6.07, 6.45) is 3.85. The minimum Gasteiger partial charge on any atom is -0.361 e. The van der Waals surface area contributed by atoms with Gasteiger partial charge in [0.15, 0.2) is 0 Å². The van der Waals surface area contributed by atoms with Crippen LogP contribution in [0.25, 0.3) is 10.9 Å². The number of benzene rings is 1. The zero-order valence-electron chi connectivity index (χ0n) is 14.5. The van der Waals surface area contributed by atoms with Gasteiger partial charge in [-0.15, -0.1) is 0 Å². The van der Waals surface area contributed by atoms with Gasteiger partial charge in [-0.05, 0) is 48.9 Å². The van der Waals surface area contributed by atoms with E-state index in [1.165, 1.54) is 0 Å². The molecular weight excluding hydrogens is 332 g/mol. The number of nitrogens with zero attached hydrogens (tertiary/aromatic N) is 1. The smallest absolute Gasteiger partial charge is 0.325 e. The topological polar surface area (TPSA) is 102 Å². The van der Waals surface area contributed by atoms with E-state index in [2.05, 4.69) is 21.0 Å². The van der Waals surface area contributed by atoms with E-state index in [0.29, 0.717) is 17.8 Å². The summed E-state index contributed by atoms with van der Waals surface area (Å²) in [6, 6.07) is 8.33. The van der Waals surface area contributed by atoms with Gasteiger partial charge in [0.25, 0.3) is 5.56 Å². The minimum absolute atomic E-state index is 0.0130. The van der Waals surface area contributed by atoms with E-state index < -0.39 is 11.2 Å². The Labute approximate surface area is 149 Å². The van der Waals surface area contributed by atoms with Crippen LogP contribution in [-0.4, -0.2) is 31.8 Å². The van der Waals surface area contributed by atoms with Gasteiger partial charge in [0.1, 0.15) is 0 Å². The SMILES string of the molecule is Cc1[nH]c(=O)[nH]c(=O)c1CC(=O)N(Cc1ccc2[nH]ccc2c1)C1CC1. The van der Waals surface area contributed by atoms with Gasteiger partial charge in [-0.3, -0.25) is 14.6 Å². The lowest BCUT2D eigenvalue weighted by molar-refractivity contribution is -0.131. The largest absolute Gasteiger partial charge is 0.361 e. The van der Waals surface area contributed by atoms with Gasteiger partial charge in [-0.2, -0.15) is 0 Å². The van der Waals surface area contributed by atoms with E-state index in [1.54, 1.807) is 6.92 Å². The van der Waals surface area contributed by atoms with Gasteiger partial charge in [0.2, 0.25) is 5.91 Å². The molecule has 2 aromatic heterocycles. The quantitative estimate of drug-likeness (QED) is 0.650. The summed E-state index contributed by atoms with van der Waals surface area (Å²) in [6.45, 7) is 2.16. The van der Waals surface area contributed by atoms with Crippen molar-refractivity contribution in [2.24, 2.45) is 0 Å². The van der Waals surface area contributed by atoms with Gasteiger partial charge in [0.05, 0.1) is 6.42 Å². The third-order valence-corrected chi connectivity index (χ3v) is 4.86. The van der Waals surface area contributed by atoms with Crippen LogP contribution in [0, 0.1) is 6.92 Å². The highest BCUT2D eigenvalue weighted by Crippen LogP contribution is 2.29. The van der Waals surface area contributed by atoms with Crippen molar-refractivity contribution in [2.45, 2.75) is 38.8 Å². The maximum atomic E-state index is 12.9. The zero-order valence-corrected chi connectivity index (χ0v) is 14.5. The van der Waals surface area contributed by atoms with E-state index >= 15 is 0 Å². The average molecular weight is 352 g/mol. The summed E-state index contributed by atoms with van der Waals surface area (Å²) >= 11 is 0. The van der Waals surface area contributed by atoms with Crippen LogP contribution in [0.2, 0.25) is 0 Å². The number of carbonyl (C=O) groups is 1. The Kier molecular flexibility index (Phi) is 3.99. The Morgan fingerprint density at radius 3 is 2.73 bits per heavy atom. The molecule has 3 aromatic rings. The van der Waals surface area contributed by atoms with Crippen molar-refractivity contribution in [1.82, 2.24) is 19.9 Å². The predicted octanol–water partition coefficient (Wildman–Crippen LogP) is 1.59. The number of fused-ring (bicyclic) bond motifs is 1. The standard InChI is InChI=1S/C19H20N4O3/c1-11-15(18(25)22-19(26)21-11)9-17(24)23(14-3-4-14)10-12-2-5-16-13(8-12)6-7-20-16/h2,5-8,14,20H,3-4,9-10H2,1H3,(H2,21,22,25,26). The summed E-state index contributed by atoms with van der Waals surface area (Å²) < 4.78 is 0. The molecule has 26 heavy (non-hydrogen) atoms. The molecule has 0 saturated heterocycles. The number of rotatable bonds is 5. The second-order valence-electron chi connectivity index (χ2n) is 6.84. The van der Waals surface area contributed by atoms with Gasteiger partial charge in [-0.1, -0.05) is 6.07 Å². The monoisotopic (exact) mass is 352 g/mol. The predicted molar refractivity (Wildman–Crippen MR) is 98.0 cm³/mol. The van der Waals surface area contributed by atoms with Crippen molar-refractivity contribution in [3.8, 4) is 0 Å². The van der Waals surface area contributed by atoms with Crippen molar-refractivity contribution in [1.29, 1.82) is 0 Å². The lowest BCUT2D eigenvalue weighted by Crippen LogP contribution is -2.36. The van der Waals surface area contributed by atoms with Crippen molar-refractivity contribution >= 4 is 16.8 Å². The number of hydrogen-bond donors (Lipinski definition) is 3. The molecule has 1 aliphatic rings. The van der Waals surface area contributed by atoms with Crippen LogP contribution < -0.4 is 11.2 Å². The van der Waals surface area contributed by atoms with Gasteiger partial charge >= 0.3 is 5.69 Å². The fourth-order valence-corrected chi connectivity index (χ4v) is 3.30. The third-order valence-electron chi connectivity index (χ3n) is 4.86. The molecule has 1 fully saturated rings. The van der Waals surface area contributed by atoms with Crippen LogP contribution in [0.15, 0.2) is 40.1 Å². The first-order chi connectivity index (χ1) is 12.5. The minimum atomic E-state index is -0.553. The molecule has 0 radical (unpaired) electrons. The fraction of sp³-hybridized carbons (Fsp3) is 0.316. The number of H-pyrrole nitrogens is 3. The highest BCUT2D eigenvalue weighted by molar-refractivity contribution is 5.81. The Bertz CT molecular complexity index is 1090. The first-order valence-electron chi connectivity index (χ1n) is 8.69. The summed E-state index contributed by atoms with van der Waals surface area (Å²) in [4.78, 5) is 46.0. The molecule has 0 bridgehead atoms. The Balaban J connectivity index is 1.57. The van der Waals surface area contributed by atoms with E-state index in [0.717, 1.165) is 29.3 Å². The summed E-state index contributed by atoms with van der Waals surface area (Å²) in [5.41, 5.74) is 1.84. The van der Waals surface area contributed by atoms with Gasteiger partial charge in [-0.25, -0.2) is 4.79 Å². The maximum absolute atomic E-state index is 12.9. The highest BCUT2D eigenvalue weighted by atomic mass is 16.2. The normalized spacial score (nSPS) is 13.9. The number of aryl methyl sites for hydroxylation is 1. The molecule has 4 rings (SSSR count).